The second-order valence-electron chi connectivity index (χ2n) is 9.96. The van der Waals surface area contributed by atoms with Gasteiger partial charge in [-0.25, -0.2) is 9.97 Å². The molecule has 0 unspecified atom stereocenters. The van der Waals surface area contributed by atoms with Crippen molar-refractivity contribution in [3.63, 3.8) is 0 Å². The minimum Gasteiger partial charge on any atom is -0.293 e. The Kier molecular flexibility index (Phi) is 4.37. The predicted molar refractivity (Wildman–Crippen MR) is 170 cm³/mol. The first-order valence-electron chi connectivity index (χ1n) is 15.9. The molecule has 0 aliphatic heterocycles. The maximum Gasteiger partial charge on any atom is 0.165 e. The molecule has 0 atom stereocenters. The SMILES string of the molecule is [2H]c1c([2H])c([2H])c(-n2c3cc(-c4cc(-c5ccccc5)cc(-c5ccccc5)c4)ccc3c3nc4ccccc4nc32)c([2H])c1[2H]. The Hall–Kier alpha value is -5.54. The number of nitrogens with zero attached hydrogens (tertiary/aromatic N) is 3. The summed E-state index contributed by atoms with van der Waals surface area (Å²) in [7, 11) is 0. The molecule has 0 saturated heterocycles. The van der Waals surface area contributed by atoms with Gasteiger partial charge in [-0.05, 0) is 87.9 Å². The van der Waals surface area contributed by atoms with Gasteiger partial charge in [-0.15, -0.1) is 0 Å². The molecule has 0 radical (unpaired) electrons. The maximum atomic E-state index is 8.85. The van der Waals surface area contributed by atoms with Gasteiger partial charge in [-0.2, -0.15) is 0 Å². The van der Waals surface area contributed by atoms with Crippen molar-refractivity contribution in [2.24, 2.45) is 0 Å². The van der Waals surface area contributed by atoms with Crippen LogP contribution in [0, 0.1) is 0 Å². The first kappa shape index (κ1) is 18.7. The lowest BCUT2D eigenvalue weighted by Crippen LogP contribution is -1.96. The molecule has 0 bridgehead atoms. The van der Waals surface area contributed by atoms with Crippen molar-refractivity contribution in [1.82, 2.24) is 14.5 Å². The first-order chi connectivity index (χ1) is 22.4. The second kappa shape index (κ2) is 9.58. The molecule has 41 heavy (non-hydrogen) atoms. The molecule has 0 aliphatic rings. The zero-order chi connectivity index (χ0) is 31.5. The Balaban J connectivity index is 1.45. The van der Waals surface area contributed by atoms with Crippen LogP contribution >= 0.6 is 0 Å². The fourth-order valence-electron chi connectivity index (χ4n) is 5.51. The third-order valence-corrected chi connectivity index (χ3v) is 7.45. The summed E-state index contributed by atoms with van der Waals surface area (Å²) < 4.78 is 44.4. The van der Waals surface area contributed by atoms with Crippen LogP contribution in [0.15, 0.2) is 152 Å². The van der Waals surface area contributed by atoms with Crippen molar-refractivity contribution in [1.29, 1.82) is 0 Å². The molecule has 2 heterocycles. The van der Waals surface area contributed by atoms with E-state index in [1.807, 2.05) is 78.9 Å². The van der Waals surface area contributed by atoms with Crippen molar-refractivity contribution < 1.29 is 6.85 Å². The number of rotatable bonds is 4. The van der Waals surface area contributed by atoms with Crippen molar-refractivity contribution in [2.45, 2.75) is 0 Å². The fraction of sp³-hybridized carbons (Fsp3) is 0. The summed E-state index contributed by atoms with van der Waals surface area (Å²) in [5, 5.41) is 0.770. The molecular formula is C38H25N3. The normalized spacial score (nSPS) is 13.1. The van der Waals surface area contributed by atoms with Crippen molar-refractivity contribution in [3.8, 4) is 39.1 Å². The van der Waals surface area contributed by atoms with Gasteiger partial charge < -0.3 is 0 Å². The van der Waals surface area contributed by atoms with Gasteiger partial charge in [-0.1, -0.05) is 97.0 Å². The van der Waals surface area contributed by atoms with E-state index in [1.54, 1.807) is 4.57 Å². The Morgan fingerprint density at radius 2 is 1.05 bits per heavy atom. The number of hydrogen-bond donors (Lipinski definition) is 0. The van der Waals surface area contributed by atoms with Gasteiger partial charge in [0.25, 0.3) is 0 Å². The zero-order valence-corrected chi connectivity index (χ0v) is 21.9. The van der Waals surface area contributed by atoms with Crippen molar-refractivity contribution in [2.75, 3.05) is 0 Å². The fourth-order valence-corrected chi connectivity index (χ4v) is 5.51. The third kappa shape index (κ3) is 4.07. The monoisotopic (exact) mass is 528 g/mol. The number of fused-ring (bicyclic) bond motifs is 4. The average Bonchev–Trinajstić information content (AvgIpc) is 3.41. The third-order valence-electron chi connectivity index (χ3n) is 7.45. The molecule has 3 heteroatoms. The van der Waals surface area contributed by atoms with Gasteiger partial charge in [-0.3, -0.25) is 4.57 Å². The van der Waals surface area contributed by atoms with Gasteiger partial charge in [0.15, 0.2) is 5.65 Å². The van der Waals surface area contributed by atoms with E-state index in [0.717, 1.165) is 38.8 Å². The van der Waals surface area contributed by atoms with Crippen LogP contribution in [0.25, 0.3) is 72.2 Å². The van der Waals surface area contributed by atoms with E-state index in [4.69, 9.17) is 16.8 Å². The smallest absolute Gasteiger partial charge is 0.165 e. The van der Waals surface area contributed by atoms with Crippen LogP contribution < -0.4 is 0 Å². The summed E-state index contributed by atoms with van der Waals surface area (Å²) in [6.45, 7) is 0. The topological polar surface area (TPSA) is 30.7 Å². The summed E-state index contributed by atoms with van der Waals surface area (Å²) in [5.41, 5.74) is 9.26. The van der Waals surface area contributed by atoms with Crippen LogP contribution in [-0.4, -0.2) is 14.5 Å². The lowest BCUT2D eigenvalue weighted by molar-refractivity contribution is 1.14. The highest BCUT2D eigenvalue weighted by atomic mass is 15.1. The molecule has 0 fully saturated rings. The molecular weight excluding hydrogens is 498 g/mol. The lowest BCUT2D eigenvalue weighted by atomic mass is 9.93. The Bertz CT molecular complexity index is 2390. The van der Waals surface area contributed by atoms with Crippen LogP contribution in [0.2, 0.25) is 0 Å². The van der Waals surface area contributed by atoms with Crippen molar-refractivity contribution in [3.05, 3.63) is 152 Å². The average molecular weight is 529 g/mol. The summed E-state index contributed by atoms with van der Waals surface area (Å²) in [5.74, 6) is 0. The number of aromatic nitrogens is 3. The quantitative estimate of drug-likeness (QED) is 0.228. The molecule has 192 valence electrons. The minimum atomic E-state index is -0.442. The van der Waals surface area contributed by atoms with E-state index < -0.39 is 18.1 Å². The summed E-state index contributed by atoms with van der Waals surface area (Å²) in [6, 6.07) is 38.7. The molecule has 0 saturated carbocycles. The molecule has 0 spiro atoms. The summed E-state index contributed by atoms with van der Waals surface area (Å²) >= 11 is 0. The van der Waals surface area contributed by atoms with Gasteiger partial charge >= 0.3 is 0 Å². The Morgan fingerprint density at radius 1 is 0.488 bits per heavy atom. The van der Waals surface area contributed by atoms with E-state index in [1.165, 1.54) is 0 Å². The maximum absolute atomic E-state index is 8.85. The number of hydrogen-bond acceptors (Lipinski definition) is 2. The van der Waals surface area contributed by atoms with Crippen LogP contribution in [-0.2, 0) is 0 Å². The molecule has 8 rings (SSSR count). The standard InChI is InChI=1S/C38H25N3/c1-4-12-26(13-5-1)29-22-30(27-14-6-2-7-15-27)24-31(23-29)28-20-21-33-36(25-28)41(32-16-8-3-9-17-32)38-37(33)39-34-18-10-11-19-35(34)40-38/h1-25H/i3D,8D,9D,16D,17D. The summed E-state index contributed by atoms with van der Waals surface area (Å²) in [6.07, 6.45) is 0. The molecule has 3 nitrogen and oxygen atoms in total. The zero-order valence-electron chi connectivity index (χ0n) is 26.9. The van der Waals surface area contributed by atoms with Gasteiger partial charge in [0, 0.05) is 11.1 Å². The van der Waals surface area contributed by atoms with Crippen molar-refractivity contribution >= 4 is 33.1 Å². The van der Waals surface area contributed by atoms with Crippen LogP contribution in [0.3, 0.4) is 0 Å². The highest BCUT2D eigenvalue weighted by Crippen LogP contribution is 2.37. The Labute approximate surface area is 245 Å². The van der Waals surface area contributed by atoms with Gasteiger partial charge in [0.1, 0.15) is 5.52 Å². The van der Waals surface area contributed by atoms with E-state index in [-0.39, 0.29) is 17.8 Å². The highest BCUT2D eigenvalue weighted by Gasteiger charge is 2.17. The number of benzene rings is 6. The molecule has 6 aromatic carbocycles. The molecule has 8 aromatic rings. The predicted octanol–water partition coefficient (Wildman–Crippen LogP) is 9.73. The van der Waals surface area contributed by atoms with E-state index >= 15 is 0 Å². The molecule has 0 N–H and O–H groups in total. The molecule has 0 amide bonds. The van der Waals surface area contributed by atoms with E-state index in [2.05, 4.69) is 42.5 Å². The van der Waals surface area contributed by atoms with Crippen LogP contribution in [0.5, 0.6) is 0 Å². The Morgan fingerprint density at radius 3 is 1.68 bits per heavy atom. The minimum absolute atomic E-state index is 0.0377. The second-order valence-corrected chi connectivity index (χ2v) is 9.96. The first-order valence-corrected chi connectivity index (χ1v) is 13.4. The van der Waals surface area contributed by atoms with Gasteiger partial charge in [0.2, 0.25) is 0 Å². The van der Waals surface area contributed by atoms with Crippen LogP contribution in [0.4, 0.5) is 0 Å². The van der Waals surface area contributed by atoms with E-state index in [0.29, 0.717) is 27.7 Å². The summed E-state index contributed by atoms with van der Waals surface area (Å²) in [4.78, 5) is 9.88. The lowest BCUT2D eigenvalue weighted by Gasteiger charge is -2.12. The van der Waals surface area contributed by atoms with Crippen LogP contribution in [0.1, 0.15) is 6.85 Å². The highest BCUT2D eigenvalue weighted by molar-refractivity contribution is 6.08. The molecule has 0 aliphatic carbocycles. The molecule has 2 aromatic heterocycles. The van der Waals surface area contributed by atoms with Gasteiger partial charge in [0.05, 0.1) is 23.4 Å². The largest absolute Gasteiger partial charge is 0.293 e. The van der Waals surface area contributed by atoms with E-state index in [9.17, 15) is 0 Å². The number of para-hydroxylation sites is 3.